The number of aliphatic hydroxyl groups is 1. The molecule has 19 heavy (non-hydrogen) atoms. The van der Waals surface area contributed by atoms with Crippen LogP contribution in [0.15, 0.2) is 30.3 Å². The molecule has 0 heterocycles. The van der Waals surface area contributed by atoms with E-state index >= 15 is 0 Å². The maximum Gasteiger partial charge on any atom is 0.407 e. The van der Waals surface area contributed by atoms with Gasteiger partial charge in [-0.1, -0.05) is 30.3 Å². The Kier molecular flexibility index (Phi) is 3.54. The van der Waals surface area contributed by atoms with Crippen molar-refractivity contribution in [2.75, 3.05) is 0 Å². The van der Waals surface area contributed by atoms with Crippen LogP contribution in [0.5, 0.6) is 0 Å². The van der Waals surface area contributed by atoms with E-state index in [1.165, 1.54) is 0 Å². The molecule has 2 rings (SSSR count). The van der Waals surface area contributed by atoms with Crippen molar-refractivity contribution in [1.82, 2.24) is 5.32 Å². The number of rotatable bonds is 2. The van der Waals surface area contributed by atoms with Crippen LogP contribution in [0.3, 0.4) is 0 Å². The van der Waals surface area contributed by atoms with Gasteiger partial charge in [-0.2, -0.15) is 0 Å². The Balaban J connectivity index is 1.85. The fraction of sp³-hybridized carbons (Fsp3) is 0.533. The molecule has 1 aromatic rings. The Morgan fingerprint density at radius 2 is 1.89 bits per heavy atom. The second-order valence-electron chi connectivity index (χ2n) is 6.15. The van der Waals surface area contributed by atoms with Gasteiger partial charge in [0.2, 0.25) is 0 Å². The van der Waals surface area contributed by atoms with Crippen LogP contribution in [0, 0.1) is 0 Å². The Bertz CT molecular complexity index is 444. The molecule has 104 valence electrons. The third kappa shape index (κ3) is 3.47. The van der Waals surface area contributed by atoms with Crippen LogP contribution in [-0.4, -0.2) is 22.8 Å². The van der Waals surface area contributed by atoms with Crippen LogP contribution in [0.1, 0.15) is 39.2 Å². The zero-order chi connectivity index (χ0) is 14.1. The summed E-state index contributed by atoms with van der Waals surface area (Å²) in [5.41, 5.74) is -0.415. The van der Waals surface area contributed by atoms with Crippen molar-refractivity contribution in [3.05, 3.63) is 35.9 Å². The SMILES string of the molecule is CC(C)(C)OC(=O)NC1CC(O)(c2ccccc2)C1. The van der Waals surface area contributed by atoms with E-state index in [1.54, 1.807) is 0 Å². The van der Waals surface area contributed by atoms with Gasteiger partial charge < -0.3 is 15.2 Å². The number of hydrogen-bond acceptors (Lipinski definition) is 3. The maximum absolute atomic E-state index is 11.6. The average molecular weight is 263 g/mol. The number of hydrogen-bond donors (Lipinski definition) is 2. The van der Waals surface area contributed by atoms with Crippen molar-refractivity contribution in [1.29, 1.82) is 0 Å². The minimum Gasteiger partial charge on any atom is -0.444 e. The molecule has 1 aliphatic rings. The van der Waals surface area contributed by atoms with Gasteiger partial charge in [0.1, 0.15) is 5.60 Å². The number of alkyl carbamates (subject to hydrolysis) is 1. The van der Waals surface area contributed by atoms with E-state index in [-0.39, 0.29) is 6.04 Å². The molecule has 0 spiro atoms. The summed E-state index contributed by atoms with van der Waals surface area (Å²) in [7, 11) is 0. The van der Waals surface area contributed by atoms with Crippen LogP contribution in [0.4, 0.5) is 4.79 Å². The molecule has 4 heteroatoms. The molecule has 1 saturated carbocycles. The Labute approximate surface area is 113 Å². The van der Waals surface area contributed by atoms with Crippen molar-refractivity contribution in [3.8, 4) is 0 Å². The minimum absolute atomic E-state index is 0.0277. The molecule has 0 saturated heterocycles. The standard InChI is InChI=1S/C15H21NO3/c1-14(2,3)19-13(17)16-12-9-15(18,10-12)11-7-5-4-6-8-11/h4-8,12,18H,9-10H2,1-3H3,(H,16,17). The van der Waals surface area contributed by atoms with Gasteiger partial charge in [-0.05, 0) is 26.3 Å². The van der Waals surface area contributed by atoms with E-state index in [9.17, 15) is 9.90 Å². The summed E-state index contributed by atoms with van der Waals surface area (Å²) in [4.78, 5) is 11.6. The number of ether oxygens (including phenoxy) is 1. The molecule has 0 aliphatic heterocycles. The molecule has 4 nitrogen and oxygen atoms in total. The summed E-state index contributed by atoms with van der Waals surface area (Å²) >= 11 is 0. The van der Waals surface area contributed by atoms with E-state index in [0.29, 0.717) is 12.8 Å². The lowest BCUT2D eigenvalue weighted by atomic mass is 9.71. The van der Waals surface area contributed by atoms with Gasteiger partial charge in [-0.25, -0.2) is 4.79 Å². The van der Waals surface area contributed by atoms with Crippen molar-refractivity contribution < 1.29 is 14.6 Å². The predicted octanol–water partition coefficient (Wildman–Crippen LogP) is 2.56. The molecule has 0 atom stereocenters. The summed E-state index contributed by atoms with van der Waals surface area (Å²) in [6.07, 6.45) is 0.625. The van der Waals surface area contributed by atoms with E-state index in [4.69, 9.17) is 4.74 Å². The molecule has 0 bridgehead atoms. The third-order valence-electron chi connectivity index (χ3n) is 3.20. The minimum atomic E-state index is -0.819. The lowest BCUT2D eigenvalue weighted by Crippen LogP contribution is -2.53. The first-order valence-electron chi connectivity index (χ1n) is 6.56. The van der Waals surface area contributed by atoms with Crippen LogP contribution in [0.25, 0.3) is 0 Å². The Hall–Kier alpha value is -1.55. The van der Waals surface area contributed by atoms with Crippen molar-refractivity contribution >= 4 is 6.09 Å². The second kappa shape index (κ2) is 4.85. The number of amides is 1. The summed E-state index contributed by atoms with van der Waals surface area (Å²) in [5, 5.41) is 13.2. The number of carbonyl (C=O) groups is 1. The molecular weight excluding hydrogens is 242 g/mol. The van der Waals surface area contributed by atoms with E-state index < -0.39 is 17.3 Å². The van der Waals surface area contributed by atoms with Gasteiger partial charge in [0.15, 0.2) is 0 Å². The molecule has 1 fully saturated rings. The normalized spacial score (nSPS) is 26.4. The maximum atomic E-state index is 11.6. The molecule has 1 aromatic carbocycles. The zero-order valence-electron chi connectivity index (χ0n) is 11.6. The van der Waals surface area contributed by atoms with Crippen molar-refractivity contribution in [3.63, 3.8) is 0 Å². The van der Waals surface area contributed by atoms with Crippen LogP contribution < -0.4 is 5.32 Å². The van der Waals surface area contributed by atoms with E-state index in [0.717, 1.165) is 5.56 Å². The first-order valence-corrected chi connectivity index (χ1v) is 6.56. The highest BCUT2D eigenvalue weighted by molar-refractivity contribution is 5.68. The monoisotopic (exact) mass is 263 g/mol. The van der Waals surface area contributed by atoms with Gasteiger partial charge >= 0.3 is 6.09 Å². The highest BCUT2D eigenvalue weighted by atomic mass is 16.6. The number of benzene rings is 1. The van der Waals surface area contributed by atoms with E-state index in [2.05, 4.69) is 5.32 Å². The third-order valence-corrected chi connectivity index (χ3v) is 3.20. The molecule has 2 N–H and O–H groups in total. The van der Waals surface area contributed by atoms with Gasteiger partial charge in [0, 0.05) is 18.9 Å². The second-order valence-corrected chi connectivity index (χ2v) is 6.15. The smallest absolute Gasteiger partial charge is 0.407 e. The highest BCUT2D eigenvalue weighted by Crippen LogP contribution is 2.41. The van der Waals surface area contributed by atoms with Crippen LogP contribution in [0.2, 0.25) is 0 Å². The van der Waals surface area contributed by atoms with Crippen molar-refractivity contribution in [2.45, 2.75) is 50.9 Å². The topological polar surface area (TPSA) is 58.6 Å². The number of nitrogens with one attached hydrogen (secondary N) is 1. The fourth-order valence-corrected chi connectivity index (χ4v) is 2.32. The number of carbonyl (C=O) groups excluding carboxylic acids is 1. The summed E-state index contributed by atoms with van der Waals surface area (Å²) in [5.74, 6) is 0. The molecule has 0 radical (unpaired) electrons. The Morgan fingerprint density at radius 3 is 2.42 bits per heavy atom. The first-order chi connectivity index (χ1) is 8.78. The van der Waals surface area contributed by atoms with E-state index in [1.807, 2.05) is 51.1 Å². The van der Waals surface area contributed by atoms with Crippen molar-refractivity contribution in [2.24, 2.45) is 0 Å². The summed E-state index contributed by atoms with van der Waals surface area (Å²) in [6.45, 7) is 5.48. The van der Waals surface area contributed by atoms with Crippen LogP contribution >= 0.6 is 0 Å². The highest BCUT2D eigenvalue weighted by Gasteiger charge is 2.44. The summed E-state index contributed by atoms with van der Waals surface area (Å²) in [6, 6.07) is 9.51. The largest absolute Gasteiger partial charge is 0.444 e. The predicted molar refractivity (Wildman–Crippen MR) is 72.7 cm³/mol. The molecule has 0 unspecified atom stereocenters. The van der Waals surface area contributed by atoms with Gasteiger partial charge in [-0.3, -0.25) is 0 Å². The molecule has 1 aliphatic carbocycles. The quantitative estimate of drug-likeness (QED) is 0.862. The Morgan fingerprint density at radius 1 is 1.32 bits per heavy atom. The lowest BCUT2D eigenvalue weighted by molar-refractivity contribution is -0.0627. The van der Waals surface area contributed by atoms with Gasteiger partial charge in [0.25, 0.3) is 0 Å². The van der Waals surface area contributed by atoms with Crippen LogP contribution in [-0.2, 0) is 10.3 Å². The first kappa shape index (κ1) is 13.9. The molecule has 1 amide bonds. The summed E-state index contributed by atoms with van der Waals surface area (Å²) < 4.78 is 5.19. The zero-order valence-corrected chi connectivity index (χ0v) is 11.6. The van der Waals surface area contributed by atoms with Gasteiger partial charge in [0.05, 0.1) is 5.60 Å². The molecule has 0 aromatic heterocycles. The fourth-order valence-electron chi connectivity index (χ4n) is 2.32. The van der Waals surface area contributed by atoms with Gasteiger partial charge in [-0.15, -0.1) is 0 Å². The lowest BCUT2D eigenvalue weighted by Gasteiger charge is -2.44. The molecular formula is C15H21NO3. The average Bonchev–Trinajstić information content (AvgIpc) is 2.25.